The van der Waals surface area contributed by atoms with E-state index in [-0.39, 0.29) is 21.9 Å². The largest absolute Gasteiger partial charge is 0.294 e. The molecule has 1 aromatic rings. The molecule has 0 aliphatic heterocycles. The second-order valence-corrected chi connectivity index (χ2v) is 2.91. The standard InChI is InChI=1S/C9H5ClFNO/c1-5(13)7-2-6(10)3-9(11)8(7)4-12/h2-3H,1H3. The van der Waals surface area contributed by atoms with E-state index in [9.17, 15) is 9.18 Å². The Bertz CT molecular complexity index is 409. The van der Waals surface area contributed by atoms with Crippen molar-refractivity contribution >= 4 is 17.4 Å². The van der Waals surface area contributed by atoms with Gasteiger partial charge in [0, 0.05) is 10.6 Å². The molecule has 0 heterocycles. The number of carbonyl (C=O) groups excluding carboxylic acids is 1. The highest BCUT2D eigenvalue weighted by Crippen LogP contribution is 2.19. The van der Waals surface area contributed by atoms with Crippen LogP contribution in [0.25, 0.3) is 0 Å². The van der Waals surface area contributed by atoms with Gasteiger partial charge in [0.05, 0.1) is 5.56 Å². The fourth-order valence-corrected chi connectivity index (χ4v) is 1.17. The summed E-state index contributed by atoms with van der Waals surface area (Å²) in [5.74, 6) is -1.14. The lowest BCUT2D eigenvalue weighted by atomic mass is 10.1. The van der Waals surface area contributed by atoms with Gasteiger partial charge in [-0.05, 0) is 19.1 Å². The van der Waals surface area contributed by atoms with Gasteiger partial charge >= 0.3 is 0 Å². The van der Waals surface area contributed by atoms with Crippen LogP contribution >= 0.6 is 11.6 Å². The average Bonchev–Trinajstić information content (AvgIpc) is 2.02. The van der Waals surface area contributed by atoms with Crippen molar-refractivity contribution in [3.05, 3.63) is 34.1 Å². The molecule has 0 radical (unpaired) electrons. The van der Waals surface area contributed by atoms with Crippen molar-refractivity contribution in [2.24, 2.45) is 0 Å². The van der Waals surface area contributed by atoms with Crippen molar-refractivity contribution in [1.29, 1.82) is 5.26 Å². The Morgan fingerprint density at radius 2 is 2.23 bits per heavy atom. The van der Waals surface area contributed by atoms with Gasteiger partial charge in [0.15, 0.2) is 5.78 Å². The summed E-state index contributed by atoms with van der Waals surface area (Å²) < 4.78 is 13.0. The lowest BCUT2D eigenvalue weighted by Crippen LogP contribution is -1.99. The number of benzene rings is 1. The molecule has 0 saturated heterocycles. The Balaban J connectivity index is 3.50. The molecule has 0 fully saturated rings. The van der Waals surface area contributed by atoms with Crippen molar-refractivity contribution in [2.45, 2.75) is 6.92 Å². The fourth-order valence-electron chi connectivity index (χ4n) is 0.965. The third-order valence-corrected chi connectivity index (χ3v) is 1.76. The lowest BCUT2D eigenvalue weighted by molar-refractivity contribution is 0.101. The molecule has 66 valence electrons. The molecule has 1 rings (SSSR count). The van der Waals surface area contributed by atoms with Crippen molar-refractivity contribution in [1.82, 2.24) is 0 Å². The first-order valence-electron chi connectivity index (χ1n) is 3.46. The molecule has 0 saturated carbocycles. The van der Waals surface area contributed by atoms with Crippen molar-refractivity contribution in [3.63, 3.8) is 0 Å². The number of rotatable bonds is 1. The first-order chi connectivity index (χ1) is 6.06. The maximum absolute atomic E-state index is 13.0. The van der Waals surface area contributed by atoms with Crippen LogP contribution in [0.15, 0.2) is 12.1 Å². The molecule has 0 unspecified atom stereocenters. The summed E-state index contributed by atoms with van der Waals surface area (Å²) in [4.78, 5) is 11.0. The Kier molecular flexibility index (Phi) is 2.64. The fraction of sp³-hybridized carbons (Fsp3) is 0.111. The van der Waals surface area contributed by atoms with Crippen molar-refractivity contribution < 1.29 is 9.18 Å². The maximum Gasteiger partial charge on any atom is 0.161 e. The minimum Gasteiger partial charge on any atom is -0.294 e. The predicted molar refractivity (Wildman–Crippen MR) is 46.1 cm³/mol. The maximum atomic E-state index is 13.0. The third-order valence-electron chi connectivity index (χ3n) is 1.55. The number of carbonyl (C=O) groups is 1. The van der Waals surface area contributed by atoms with Crippen LogP contribution in [0.1, 0.15) is 22.8 Å². The highest BCUT2D eigenvalue weighted by Gasteiger charge is 2.12. The summed E-state index contributed by atoms with van der Waals surface area (Å²) in [6.45, 7) is 1.26. The minimum absolute atomic E-state index is 0.0208. The van der Waals surface area contributed by atoms with Crippen molar-refractivity contribution in [3.8, 4) is 6.07 Å². The molecule has 0 aromatic heterocycles. The number of hydrogen-bond acceptors (Lipinski definition) is 2. The summed E-state index contributed by atoms with van der Waals surface area (Å²) in [7, 11) is 0. The van der Waals surface area contributed by atoms with E-state index in [0.717, 1.165) is 6.07 Å². The minimum atomic E-state index is -0.764. The molecule has 0 atom stereocenters. The zero-order valence-corrected chi connectivity index (χ0v) is 7.52. The van der Waals surface area contributed by atoms with E-state index in [1.807, 2.05) is 0 Å². The quantitative estimate of drug-likeness (QED) is 0.650. The average molecular weight is 198 g/mol. The number of hydrogen-bond donors (Lipinski definition) is 0. The highest BCUT2D eigenvalue weighted by molar-refractivity contribution is 6.31. The van der Waals surface area contributed by atoms with Crippen LogP contribution in [0.3, 0.4) is 0 Å². The molecular weight excluding hydrogens is 193 g/mol. The van der Waals surface area contributed by atoms with Crippen LogP contribution in [0, 0.1) is 17.1 Å². The zero-order valence-electron chi connectivity index (χ0n) is 6.77. The molecule has 2 nitrogen and oxygen atoms in total. The van der Waals surface area contributed by atoms with Crippen LogP contribution in [-0.4, -0.2) is 5.78 Å². The highest BCUT2D eigenvalue weighted by atomic mass is 35.5. The van der Waals surface area contributed by atoms with E-state index in [4.69, 9.17) is 16.9 Å². The summed E-state index contributed by atoms with van der Waals surface area (Å²) in [5.41, 5.74) is -0.232. The van der Waals surface area contributed by atoms with Crippen LogP contribution in [0.4, 0.5) is 4.39 Å². The van der Waals surface area contributed by atoms with E-state index in [1.54, 1.807) is 6.07 Å². The monoisotopic (exact) mass is 197 g/mol. The molecule has 0 amide bonds. The van der Waals surface area contributed by atoms with E-state index in [0.29, 0.717) is 0 Å². The summed E-state index contributed by atoms with van der Waals surface area (Å²) in [6.07, 6.45) is 0. The van der Waals surface area contributed by atoms with Gasteiger partial charge in [0.25, 0.3) is 0 Å². The normalized spacial score (nSPS) is 9.38. The number of nitrogens with zero attached hydrogens (tertiary/aromatic N) is 1. The van der Waals surface area contributed by atoms with Crippen LogP contribution in [0.5, 0.6) is 0 Å². The predicted octanol–water partition coefficient (Wildman–Crippen LogP) is 2.55. The Morgan fingerprint density at radius 3 is 2.69 bits per heavy atom. The topological polar surface area (TPSA) is 40.9 Å². The molecule has 0 aliphatic carbocycles. The van der Waals surface area contributed by atoms with Gasteiger partial charge < -0.3 is 0 Å². The van der Waals surface area contributed by atoms with Crippen LogP contribution in [-0.2, 0) is 0 Å². The third kappa shape index (κ3) is 1.85. The van der Waals surface area contributed by atoms with E-state index >= 15 is 0 Å². The molecule has 0 aliphatic rings. The molecular formula is C9H5ClFNO. The second kappa shape index (κ2) is 3.55. The van der Waals surface area contributed by atoms with Gasteiger partial charge in [-0.3, -0.25) is 4.79 Å². The lowest BCUT2D eigenvalue weighted by Gasteiger charge is -2.00. The molecule has 4 heteroatoms. The van der Waals surface area contributed by atoms with Crippen LogP contribution < -0.4 is 0 Å². The Hall–Kier alpha value is -1.40. The summed E-state index contributed by atoms with van der Waals surface area (Å²) >= 11 is 5.52. The van der Waals surface area contributed by atoms with E-state index in [2.05, 4.69) is 0 Å². The van der Waals surface area contributed by atoms with Gasteiger partial charge in [0.1, 0.15) is 11.9 Å². The summed E-state index contributed by atoms with van der Waals surface area (Å²) in [5, 5.41) is 8.67. The van der Waals surface area contributed by atoms with Crippen molar-refractivity contribution in [2.75, 3.05) is 0 Å². The number of halogens is 2. The van der Waals surface area contributed by atoms with Gasteiger partial charge in [-0.15, -0.1) is 0 Å². The number of Topliss-reactive ketones (excluding diaryl/α,β-unsaturated/α-hetero) is 1. The Labute approximate surface area is 79.5 Å². The second-order valence-electron chi connectivity index (χ2n) is 2.48. The van der Waals surface area contributed by atoms with Gasteiger partial charge in [-0.1, -0.05) is 11.6 Å². The Morgan fingerprint density at radius 1 is 1.62 bits per heavy atom. The van der Waals surface area contributed by atoms with E-state index in [1.165, 1.54) is 13.0 Å². The van der Waals surface area contributed by atoms with Gasteiger partial charge in [-0.25, -0.2) is 4.39 Å². The SMILES string of the molecule is CC(=O)c1cc(Cl)cc(F)c1C#N. The zero-order chi connectivity index (χ0) is 10.0. The van der Waals surface area contributed by atoms with Crippen LogP contribution in [0.2, 0.25) is 5.02 Å². The van der Waals surface area contributed by atoms with E-state index < -0.39 is 5.82 Å². The number of nitriles is 1. The molecule has 0 spiro atoms. The molecule has 1 aromatic carbocycles. The molecule has 0 bridgehead atoms. The molecule has 13 heavy (non-hydrogen) atoms. The molecule has 0 N–H and O–H groups in total. The first-order valence-corrected chi connectivity index (χ1v) is 3.84. The smallest absolute Gasteiger partial charge is 0.161 e. The van der Waals surface area contributed by atoms with Gasteiger partial charge in [0.2, 0.25) is 0 Å². The first kappa shape index (κ1) is 9.69. The van der Waals surface area contributed by atoms with Gasteiger partial charge in [-0.2, -0.15) is 5.26 Å². The number of ketones is 1. The summed E-state index contributed by atoms with van der Waals surface area (Å²) in [6, 6.07) is 3.91.